The van der Waals surface area contributed by atoms with Gasteiger partial charge in [-0.25, -0.2) is 16.3 Å². The summed E-state index contributed by atoms with van der Waals surface area (Å²) in [6.07, 6.45) is 10.4. The highest BCUT2D eigenvalue weighted by Crippen LogP contribution is 2.76. The Labute approximate surface area is 235 Å². The van der Waals surface area contributed by atoms with Gasteiger partial charge in [0.2, 0.25) is 6.04 Å². The van der Waals surface area contributed by atoms with Crippen LogP contribution in [0.5, 0.6) is 0 Å². The molecule has 6 nitrogen and oxygen atoms in total. The third-order valence-corrected chi connectivity index (χ3v) is 13.9. The van der Waals surface area contributed by atoms with Gasteiger partial charge in [-0.2, -0.15) is 0 Å². The van der Waals surface area contributed by atoms with Crippen molar-refractivity contribution in [2.75, 3.05) is 20.3 Å². The Morgan fingerprint density at radius 1 is 1.05 bits per heavy atom. The van der Waals surface area contributed by atoms with Crippen molar-refractivity contribution in [2.24, 2.45) is 56.2 Å². The van der Waals surface area contributed by atoms with Crippen molar-refractivity contribution >= 4 is 5.97 Å². The number of carboxylic acids is 1. The average molecular weight is 542 g/mol. The van der Waals surface area contributed by atoms with Crippen molar-refractivity contribution in [1.29, 1.82) is 0 Å². The molecule has 0 bridgehead atoms. The van der Waals surface area contributed by atoms with Gasteiger partial charge in [0.25, 0.3) is 0 Å². The molecule has 9 atom stereocenters. The molecule has 0 radical (unpaired) electrons. The van der Waals surface area contributed by atoms with Gasteiger partial charge >= 0.3 is 5.97 Å². The van der Waals surface area contributed by atoms with Crippen LogP contribution in [0.3, 0.4) is 0 Å². The van der Waals surface area contributed by atoms with Crippen LogP contribution in [0.2, 0.25) is 0 Å². The Kier molecular flexibility index (Phi) is 6.93. The molecule has 5 aliphatic carbocycles. The SMILES string of the molecule is [C-]#[N+]C1C[C@@]2(CO)C(CC[C@]3(C)C2CC=C2C4CC(C)(C)CC[C@]4(C(=O)O)CC[C@]23C)C(C)(C)C1COOC. The zero-order valence-electron chi connectivity index (χ0n) is 25.3. The quantitative estimate of drug-likeness (QED) is 0.171. The van der Waals surface area contributed by atoms with E-state index in [1.807, 2.05) is 0 Å². The maximum atomic E-state index is 12.9. The lowest BCUT2D eigenvalue weighted by molar-refractivity contribution is -0.297. The fourth-order valence-corrected chi connectivity index (χ4v) is 11.4. The lowest BCUT2D eigenvalue weighted by Gasteiger charge is -2.71. The zero-order chi connectivity index (χ0) is 28.6. The van der Waals surface area contributed by atoms with Crippen LogP contribution >= 0.6 is 0 Å². The van der Waals surface area contributed by atoms with Crippen LogP contribution < -0.4 is 0 Å². The van der Waals surface area contributed by atoms with Crippen LogP contribution in [0.4, 0.5) is 0 Å². The predicted octanol–water partition coefficient (Wildman–Crippen LogP) is 6.94. The van der Waals surface area contributed by atoms with Crippen LogP contribution in [0.15, 0.2) is 11.6 Å². The van der Waals surface area contributed by atoms with Gasteiger partial charge in [0.1, 0.15) is 0 Å². The highest BCUT2D eigenvalue weighted by molar-refractivity contribution is 5.76. The molecular formula is C33H51NO5. The number of aliphatic hydroxyl groups excluding tert-OH is 1. The van der Waals surface area contributed by atoms with E-state index in [0.29, 0.717) is 13.0 Å². The fourth-order valence-electron chi connectivity index (χ4n) is 11.4. The molecule has 5 rings (SSSR count). The largest absolute Gasteiger partial charge is 0.481 e. The van der Waals surface area contributed by atoms with Crippen molar-refractivity contribution in [2.45, 2.75) is 105 Å². The number of fused-ring (bicyclic) bond motifs is 7. The smallest absolute Gasteiger partial charge is 0.310 e. The summed E-state index contributed by atoms with van der Waals surface area (Å²) in [6, 6.07) is -0.232. The number of hydrogen-bond donors (Lipinski definition) is 2. The molecule has 0 amide bonds. The van der Waals surface area contributed by atoms with Crippen molar-refractivity contribution in [3.63, 3.8) is 0 Å². The third-order valence-electron chi connectivity index (χ3n) is 13.9. The second kappa shape index (κ2) is 9.30. The van der Waals surface area contributed by atoms with Crippen molar-refractivity contribution in [3.05, 3.63) is 23.1 Å². The number of allylic oxidation sites excluding steroid dienone is 2. The molecule has 0 spiro atoms. The predicted molar refractivity (Wildman–Crippen MR) is 150 cm³/mol. The summed E-state index contributed by atoms with van der Waals surface area (Å²) < 4.78 is 0. The molecule has 0 aromatic carbocycles. The molecule has 4 saturated carbocycles. The third kappa shape index (κ3) is 3.78. The molecule has 0 heterocycles. The minimum atomic E-state index is -0.646. The second-order valence-corrected chi connectivity index (χ2v) is 15.8. The molecular weight excluding hydrogens is 490 g/mol. The molecule has 6 heteroatoms. The summed E-state index contributed by atoms with van der Waals surface area (Å²) in [5.74, 6) is 0.0543. The number of aliphatic hydroxyl groups is 1. The molecule has 0 aromatic rings. The molecule has 4 fully saturated rings. The van der Waals surface area contributed by atoms with Gasteiger partial charge in [0.05, 0.1) is 25.0 Å². The van der Waals surface area contributed by atoms with Crippen molar-refractivity contribution in [3.8, 4) is 0 Å². The Bertz CT molecular complexity index is 1070. The maximum absolute atomic E-state index is 12.9. The van der Waals surface area contributed by atoms with Crippen molar-refractivity contribution < 1.29 is 24.8 Å². The first kappa shape index (κ1) is 29.1. The number of carbonyl (C=O) groups is 1. The first-order valence-electron chi connectivity index (χ1n) is 15.3. The van der Waals surface area contributed by atoms with Gasteiger partial charge in [-0.15, -0.1) is 0 Å². The molecule has 2 N–H and O–H groups in total. The molecule has 5 aliphatic rings. The Hall–Kier alpha value is -1.42. The van der Waals surface area contributed by atoms with E-state index in [2.05, 4.69) is 52.5 Å². The van der Waals surface area contributed by atoms with E-state index in [4.69, 9.17) is 16.3 Å². The topological polar surface area (TPSA) is 80.4 Å². The molecule has 39 heavy (non-hydrogen) atoms. The van der Waals surface area contributed by atoms with E-state index in [9.17, 15) is 15.0 Å². The Morgan fingerprint density at radius 3 is 2.36 bits per heavy atom. The summed E-state index contributed by atoms with van der Waals surface area (Å²) >= 11 is 0. The summed E-state index contributed by atoms with van der Waals surface area (Å²) in [7, 11) is 1.52. The van der Waals surface area contributed by atoms with Crippen LogP contribution in [-0.4, -0.2) is 42.5 Å². The minimum absolute atomic E-state index is 0.0459. The highest BCUT2D eigenvalue weighted by atomic mass is 17.2. The second-order valence-electron chi connectivity index (χ2n) is 15.8. The van der Waals surface area contributed by atoms with Crippen molar-refractivity contribution in [1.82, 2.24) is 0 Å². The van der Waals surface area contributed by atoms with Crippen LogP contribution in [0, 0.1) is 62.7 Å². The fraction of sp³-hybridized carbons (Fsp3) is 0.879. The Morgan fingerprint density at radius 2 is 1.74 bits per heavy atom. The van der Waals surface area contributed by atoms with Crippen LogP contribution in [0.1, 0.15) is 99.3 Å². The molecule has 5 unspecified atom stereocenters. The van der Waals surface area contributed by atoms with Gasteiger partial charge in [-0.3, -0.25) is 4.79 Å². The van der Waals surface area contributed by atoms with Gasteiger partial charge < -0.3 is 15.1 Å². The normalized spacial score (nSPS) is 47.9. The number of aliphatic carboxylic acids is 1. The van der Waals surface area contributed by atoms with Crippen LogP contribution in [0.25, 0.3) is 4.85 Å². The first-order valence-corrected chi connectivity index (χ1v) is 15.3. The number of nitrogens with zero attached hydrogens (tertiary/aromatic N) is 1. The van der Waals surface area contributed by atoms with Gasteiger partial charge in [-0.1, -0.05) is 53.2 Å². The summed E-state index contributed by atoms with van der Waals surface area (Å²) in [5.41, 5.74) is 0.214. The van der Waals surface area contributed by atoms with E-state index >= 15 is 0 Å². The van der Waals surface area contributed by atoms with E-state index < -0.39 is 11.4 Å². The average Bonchev–Trinajstić information content (AvgIpc) is 2.87. The highest BCUT2D eigenvalue weighted by Gasteiger charge is 2.72. The van der Waals surface area contributed by atoms with E-state index in [1.54, 1.807) is 0 Å². The number of carboxylic acid groups (broad SMARTS) is 1. The van der Waals surface area contributed by atoms with E-state index in [1.165, 1.54) is 12.7 Å². The van der Waals surface area contributed by atoms with Gasteiger partial charge in [-0.05, 0) is 90.8 Å². The zero-order valence-corrected chi connectivity index (χ0v) is 25.3. The monoisotopic (exact) mass is 541 g/mol. The number of rotatable bonds is 5. The first-order chi connectivity index (χ1) is 18.2. The standard InChI is InChI=1S/C33H51NO5/c1-28(2)13-15-32(27(36)37)16-14-30(5)21(22(32)17-28)9-10-26-31(30,6)12-11-25-29(3,4)23(19-39-38-8)24(34-7)18-33(25,26)20-35/h9,22-26,35H,10-20H2,1-6,8H3,(H,36,37)/t22?,23?,24?,25?,26?,30-,31-,32+,33-/m1/s1. The van der Waals surface area contributed by atoms with Crippen LogP contribution in [-0.2, 0) is 14.6 Å². The molecule has 218 valence electrons. The molecule has 0 aromatic heterocycles. The Balaban J connectivity index is 1.60. The lowest BCUT2D eigenvalue weighted by Crippen LogP contribution is -2.67. The van der Waals surface area contributed by atoms with Gasteiger partial charge in [0.15, 0.2) is 0 Å². The summed E-state index contributed by atoms with van der Waals surface area (Å²) in [6.45, 7) is 22.7. The lowest BCUT2D eigenvalue weighted by atomic mass is 9.32. The van der Waals surface area contributed by atoms with E-state index in [0.717, 1.165) is 51.4 Å². The maximum Gasteiger partial charge on any atom is 0.310 e. The minimum Gasteiger partial charge on any atom is -0.481 e. The van der Waals surface area contributed by atoms with E-state index in [-0.39, 0.29) is 63.4 Å². The number of hydrogen-bond acceptors (Lipinski definition) is 4. The van der Waals surface area contributed by atoms with Gasteiger partial charge in [0, 0.05) is 18.4 Å². The molecule has 0 aliphatic heterocycles. The molecule has 0 saturated heterocycles. The summed E-state index contributed by atoms with van der Waals surface area (Å²) in [4.78, 5) is 27.4. The summed E-state index contributed by atoms with van der Waals surface area (Å²) in [5, 5.41) is 21.9.